The number of aromatic nitrogens is 1. The molecule has 1 saturated carbocycles. The van der Waals surface area contributed by atoms with Crippen molar-refractivity contribution in [2.45, 2.75) is 38.7 Å². The highest BCUT2D eigenvalue weighted by molar-refractivity contribution is 5.77. The Morgan fingerprint density at radius 2 is 2.05 bits per heavy atom. The van der Waals surface area contributed by atoms with Gasteiger partial charge in [-0.2, -0.15) is 0 Å². The fourth-order valence-corrected chi connectivity index (χ4v) is 2.73. The van der Waals surface area contributed by atoms with Gasteiger partial charge in [0, 0.05) is 24.4 Å². The normalized spacial score (nSPS) is 17.5. The molecule has 0 bridgehead atoms. The van der Waals surface area contributed by atoms with Gasteiger partial charge >= 0.3 is 0 Å². The third-order valence-electron chi connectivity index (χ3n) is 3.82. The minimum Gasteiger partial charge on any atom is -0.397 e. The van der Waals surface area contributed by atoms with Crippen LogP contribution in [0.3, 0.4) is 0 Å². The zero-order valence-corrected chi connectivity index (χ0v) is 11.9. The lowest BCUT2D eigenvalue weighted by molar-refractivity contribution is -0.0793. The van der Waals surface area contributed by atoms with Crippen LogP contribution < -0.4 is 11.1 Å². The SMILES string of the molecule is Cc1noc(C)c1-c1ccc(NC2CC(F)(F)C2)c(N)c1. The molecule has 0 radical (unpaired) electrons. The molecule has 1 aliphatic carbocycles. The summed E-state index contributed by atoms with van der Waals surface area (Å²) in [7, 11) is 0. The Morgan fingerprint density at radius 1 is 1.33 bits per heavy atom. The van der Waals surface area contributed by atoms with E-state index in [1.807, 2.05) is 32.0 Å². The highest BCUT2D eigenvalue weighted by Crippen LogP contribution is 2.40. The van der Waals surface area contributed by atoms with E-state index >= 15 is 0 Å². The lowest BCUT2D eigenvalue weighted by atomic mass is 9.88. The number of aryl methyl sites for hydroxylation is 2. The first-order valence-electron chi connectivity index (χ1n) is 6.83. The van der Waals surface area contributed by atoms with Crippen molar-refractivity contribution in [3.05, 3.63) is 29.7 Å². The van der Waals surface area contributed by atoms with Crippen molar-refractivity contribution in [1.82, 2.24) is 5.16 Å². The van der Waals surface area contributed by atoms with Crippen LogP contribution in [0.25, 0.3) is 11.1 Å². The lowest BCUT2D eigenvalue weighted by Gasteiger charge is -2.36. The maximum Gasteiger partial charge on any atom is 0.252 e. The summed E-state index contributed by atoms with van der Waals surface area (Å²) >= 11 is 0. The predicted octanol–water partition coefficient (Wildman–Crippen LogP) is 3.75. The second kappa shape index (κ2) is 4.72. The second-order valence-electron chi connectivity index (χ2n) is 5.61. The van der Waals surface area contributed by atoms with Gasteiger partial charge in [0.2, 0.25) is 0 Å². The van der Waals surface area contributed by atoms with E-state index in [1.54, 1.807) is 0 Å². The first-order valence-corrected chi connectivity index (χ1v) is 6.83. The Labute approximate surface area is 121 Å². The van der Waals surface area contributed by atoms with Crippen molar-refractivity contribution >= 4 is 11.4 Å². The average molecular weight is 293 g/mol. The third kappa shape index (κ3) is 2.57. The zero-order valence-electron chi connectivity index (χ0n) is 11.9. The maximum atomic E-state index is 12.8. The molecule has 0 aliphatic heterocycles. The Kier molecular flexibility index (Phi) is 3.11. The van der Waals surface area contributed by atoms with Crippen LogP contribution in [0.1, 0.15) is 24.3 Å². The van der Waals surface area contributed by atoms with Crippen molar-refractivity contribution in [2.24, 2.45) is 0 Å². The summed E-state index contributed by atoms with van der Waals surface area (Å²) < 4.78 is 30.8. The lowest BCUT2D eigenvalue weighted by Crippen LogP contribution is -2.44. The minimum atomic E-state index is -2.54. The van der Waals surface area contributed by atoms with Gasteiger partial charge in [0.1, 0.15) is 5.76 Å². The summed E-state index contributed by atoms with van der Waals surface area (Å²) in [6, 6.07) is 5.30. The standard InChI is InChI=1S/C15H17F2N3O/c1-8-14(9(2)21-20-8)10-3-4-13(12(18)5-10)19-11-6-15(16,17)7-11/h3-5,11,19H,6-7,18H2,1-2H3. The molecule has 1 aliphatic rings. The van der Waals surface area contributed by atoms with Gasteiger partial charge < -0.3 is 15.6 Å². The fraction of sp³-hybridized carbons (Fsp3) is 0.400. The van der Waals surface area contributed by atoms with Gasteiger partial charge in [-0.05, 0) is 31.5 Å². The van der Waals surface area contributed by atoms with Gasteiger partial charge in [0.05, 0.1) is 17.1 Å². The van der Waals surface area contributed by atoms with E-state index < -0.39 is 5.92 Å². The smallest absolute Gasteiger partial charge is 0.252 e. The summed E-state index contributed by atoms with van der Waals surface area (Å²) in [5, 5.41) is 6.98. The number of rotatable bonds is 3. The van der Waals surface area contributed by atoms with E-state index in [0.717, 1.165) is 22.6 Å². The van der Waals surface area contributed by atoms with Gasteiger partial charge in [0.15, 0.2) is 0 Å². The van der Waals surface area contributed by atoms with Crippen LogP contribution in [0.5, 0.6) is 0 Å². The summed E-state index contributed by atoms with van der Waals surface area (Å²) in [5.74, 6) is -1.81. The summed E-state index contributed by atoms with van der Waals surface area (Å²) in [6.07, 6.45) is -0.282. The molecule has 3 rings (SSSR count). The number of benzene rings is 1. The maximum absolute atomic E-state index is 12.8. The van der Waals surface area contributed by atoms with Gasteiger partial charge in [0.25, 0.3) is 5.92 Å². The van der Waals surface area contributed by atoms with E-state index in [1.165, 1.54) is 0 Å². The molecule has 4 nitrogen and oxygen atoms in total. The number of nitrogens with two attached hydrogens (primary N) is 1. The first kappa shape index (κ1) is 13.9. The van der Waals surface area contributed by atoms with E-state index in [9.17, 15) is 8.78 Å². The molecule has 1 aromatic carbocycles. The monoisotopic (exact) mass is 293 g/mol. The molecule has 0 spiro atoms. The summed E-state index contributed by atoms with van der Waals surface area (Å²) in [4.78, 5) is 0. The molecule has 2 aromatic rings. The van der Waals surface area contributed by atoms with Gasteiger partial charge in [-0.1, -0.05) is 11.2 Å². The third-order valence-corrected chi connectivity index (χ3v) is 3.82. The molecule has 3 N–H and O–H groups in total. The van der Waals surface area contributed by atoms with E-state index in [-0.39, 0.29) is 18.9 Å². The molecule has 0 saturated heterocycles. The van der Waals surface area contributed by atoms with Crippen molar-refractivity contribution < 1.29 is 13.3 Å². The van der Waals surface area contributed by atoms with Crippen LogP contribution >= 0.6 is 0 Å². The number of halogens is 2. The second-order valence-corrected chi connectivity index (χ2v) is 5.61. The Hall–Kier alpha value is -2.11. The molecular weight excluding hydrogens is 276 g/mol. The Balaban J connectivity index is 1.81. The number of hydrogen-bond donors (Lipinski definition) is 2. The zero-order chi connectivity index (χ0) is 15.2. The van der Waals surface area contributed by atoms with E-state index in [0.29, 0.717) is 11.4 Å². The van der Waals surface area contributed by atoms with Crippen LogP contribution in [0.15, 0.2) is 22.7 Å². The first-order chi connectivity index (χ1) is 9.85. The van der Waals surface area contributed by atoms with Crippen LogP contribution in [0.4, 0.5) is 20.2 Å². The number of alkyl halides is 2. The fourth-order valence-electron chi connectivity index (χ4n) is 2.73. The largest absolute Gasteiger partial charge is 0.397 e. The molecule has 0 atom stereocenters. The summed E-state index contributed by atoms with van der Waals surface area (Å²) in [5.41, 5.74) is 9.87. The molecule has 21 heavy (non-hydrogen) atoms. The van der Waals surface area contributed by atoms with Crippen LogP contribution in [-0.4, -0.2) is 17.1 Å². The highest BCUT2D eigenvalue weighted by Gasteiger charge is 2.45. The van der Waals surface area contributed by atoms with Gasteiger partial charge in [-0.25, -0.2) is 8.78 Å². The predicted molar refractivity (Wildman–Crippen MR) is 77.4 cm³/mol. The summed E-state index contributed by atoms with van der Waals surface area (Å²) in [6.45, 7) is 3.71. The molecule has 1 aromatic heterocycles. The molecule has 1 heterocycles. The van der Waals surface area contributed by atoms with Crippen LogP contribution in [0, 0.1) is 13.8 Å². The molecular formula is C15H17F2N3O. The van der Waals surface area contributed by atoms with Gasteiger partial charge in [-0.3, -0.25) is 0 Å². The van der Waals surface area contributed by atoms with Crippen molar-refractivity contribution in [2.75, 3.05) is 11.1 Å². The van der Waals surface area contributed by atoms with Crippen LogP contribution in [0.2, 0.25) is 0 Å². The Morgan fingerprint density at radius 3 is 2.57 bits per heavy atom. The van der Waals surface area contributed by atoms with Gasteiger partial charge in [-0.15, -0.1) is 0 Å². The highest BCUT2D eigenvalue weighted by atomic mass is 19.3. The van der Waals surface area contributed by atoms with Crippen molar-refractivity contribution in [3.8, 4) is 11.1 Å². The molecule has 6 heteroatoms. The number of nitrogens with zero attached hydrogens (tertiary/aromatic N) is 1. The Bertz CT molecular complexity index is 654. The van der Waals surface area contributed by atoms with E-state index in [4.69, 9.17) is 10.3 Å². The molecule has 1 fully saturated rings. The number of hydrogen-bond acceptors (Lipinski definition) is 4. The van der Waals surface area contributed by atoms with Crippen molar-refractivity contribution in [1.29, 1.82) is 0 Å². The number of anilines is 2. The van der Waals surface area contributed by atoms with E-state index in [2.05, 4.69) is 10.5 Å². The number of nitrogens with one attached hydrogen (secondary N) is 1. The van der Waals surface area contributed by atoms with Crippen molar-refractivity contribution in [3.63, 3.8) is 0 Å². The topological polar surface area (TPSA) is 64.1 Å². The molecule has 112 valence electrons. The average Bonchev–Trinajstić information content (AvgIpc) is 2.69. The molecule has 0 unspecified atom stereocenters. The number of nitrogen functional groups attached to an aromatic ring is 1. The quantitative estimate of drug-likeness (QED) is 0.846. The minimum absolute atomic E-state index is 0.141. The molecule has 0 amide bonds. The van der Waals surface area contributed by atoms with Crippen LogP contribution in [-0.2, 0) is 0 Å².